The molecule has 2 unspecified atom stereocenters. The van der Waals surface area contributed by atoms with Gasteiger partial charge in [-0.2, -0.15) is 8.78 Å². The molecule has 94 valence electrons. The van der Waals surface area contributed by atoms with Gasteiger partial charge in [0.15, 0.2) is 0 Å². The highest BCUT2D eigenvalue weighted by Gasteiger charge is 2.56. The van der Waals surface area contributed by atoms with Crippen LogP contribution in [-0.2, 0) is 0 Å². The van der Waals surface area contributed by atoms with Crippen molar-refractivity contribution in [1.82, 2.24) is 0 Å². The second kappa shape index (κ2) is 4.65. The molecule has 0 amide bonds. The molecule has 0 saturated heterocycles. The third-order valence-corrected chi connectivity index (χ3v) is 4.26. The van der Waals surface area contributed by atoms with Gasteiger partial charge in [-0.05, 0) is 34.3 Å². The van der Waals surface area contributed by atoms with E-state index in [1.165, 1.54) is 0 Å². The van der Waals surface area contributed by atoms with Crippen LogP contribution in [0.25, 0.3) is 0 Å². The fraction of sp³-hybridized carbons (Fsp3) is 0.538. The highest BCUT2D eigenvalue weighted by molar-refractivity contribution is 9.10. The number of benzene rings is 1. The number of aliphatic hydroxyl groups is 1. The molecule has 0 bridgehead atoms. The van der Waals surface area contributed by atoms with E-state index in [0.29, 0.717) is 12.8 Å². The molecular formula is C13H15BrF2O. The Kier molecular flexibility index (Phi) is 3.55. The van der Waals surface area contributed by atoms with Crippen LogP contribution < -0.4 is 0 Å². The standard InChI is InChI=1S/C13H15BrF2O/c14-13(15,16)12(17)9-5-4-8-11(12)10-6-2-1-3-7-10/h1-3,6-7,11,17H,4-5,8-9H2. The normalized spacial score (nSPS) is 30.2. The number of alkyl halides is 3. The summed E-state index contributed by atoms with van der Waals surface area (Å²) in [5, 5.41) is 10.3. The molecule has 2 atom stereocenters. The lowest BCUT2D eigenvalue weighted by molar-refractivity contribution is -0.147. The Bertz CT molecular complexity index is 377. The maximum absolute atomic E-state index is 13.6. The van der Waals surface area contributed by atoms with Gasteiger partial charge in [0.25, 0.3) is 0 Å². The molecule has 1 saturated carbocycles. The summed E-state index contributed by atoms with van der Waals surface area (Å²) >= 11 is 2.35. The SMILES string of the molecule is OC1(C(F)(F)Br)CCCCC1c1ccccc1. The van der Waals surface area contributed by atoms with Gasteiger partial charge in [0.1, 0.15) is 5.60 Å². The molecule has 0 radical (unpaired) electrons. The lowest BCUT2D eigenvalue weighted by atomic mass is 9.72. The van der Waals surface area contributed by atoms with E-state index >= 15 is 0 Å². The maximum Gasteiger partial charge on any atom is 0.329 e. The van der Waals surface area contributed by atoms with E-state index in [2.05, 4.69) is 15.9 Å². The Labute approximate surface area is 108 Å². The fourth-order valence-corrected chi connectivity index (χ4v) is 3.10. The van der Waals surface area contributed by atoms with Gasteiger partial charge < -0.3 is 5.11 Å². The summed E-state index contributed by atoms with van der Waals surface area (Å²) < 4.78 is 27.2. The Balaban J connectivity index is 2.37. The molecule has 1 aliphatic rings. The number of hydrogen-bond acceptors (Lipinski definition) is 1. The lowest BCUT2D eigenvalue weighted by Gasteiger charge is -2.42. The second-order valence-electron chi connectivity index (χ2n) is 4.63. The van der Waals surface area contributed by atoms with Crippen LogP contribution in [0.4, 0.5) is 8.78 Å². The predicted molar refractivity (Wildman–Crippen MR) is 66.5 cm³/mol. The molecule has 1 aromatic carbocycles. The van der Waals surface area contributed by atoms with Crippen LogP contribution in [0.3, 0.4) is 0 Å². The fourth-order valence-electron chi connectivity index (χ4n) is 2.62. The zero-order valence-corrected chi connectivity index (χ0v) is 11.0. The van der Waals surface area contributed by atoms with E-state index in [1.807, 2.05) is 18.2 Å². The zero-order valence-electron chi connectivity index (χ0n) is 9.37. The second-order valence-corrected chi connectivity index (χ2v) is 5.63. The minimum Gasteiger partial charge on any atom is -0.382 e. The first-order valence-electron chi connectivity index (χ1n) is 5.79. The van der Waals surface area contributed by atoms with Crippen molar-refractivity contribution in [3.8, 4) is 0 Å². The number of halogens is 3. The van der Waals surface area contributed by atoms with Gasteiger partial charge >= 0.3 is 4.83 Å². The van der Waals surface area contributed by atoms with Gasteiger partial charge in [-0.3, -0.25) is 0 Å². The Morgan fingerprint density at radius 1 is 1.24 bits per heavy atom. The van der Waals surface area contributed by atoms with Crippen molar-refractivity contribution in [2.45, 2.75) is 42.0 Å². The van der Waals surface area contributed by atoms with E-state index in [1.54, 1.807) is 12.1 Å². The molecule has 4 heteroatoms. The van der Waals surface area contributed by atoms with Crippen LogP contribution in [0.1, 0.15) is 37.2 Å². The Hall–Kier alpha value is -0.480. The third-order valence-electron chi connectivity index (χ3n) is 3.57. The molecule has 1 fully saturated rings. The molecular weight excluding hydrogens is 290 g/mol. The van der Waals surface area contributed by atoms with Crippen LogP contribution in [0, 0.1) is 0 Å². The highest BCUT2D eigenvalue weighted by atomic mass is 79.9. The van der Waals surface area contributed by atoms with E-state index < -0.39 is 16.4 Å². The minimum atomic E-state index is -3.25. The molecule has 0 aromatic heterocycles. The van der Waals surface area contributed by atoms with Crippen molar-refractivity contribution < 1.29 is 13.9 Å². The monoisotopic (exact) mass is 304 g/mol. The summed E-state index contributed by atoms with van der Waals surface area (Å²) in [6.07, 6.45) is 2.25. The van der Waals surface area contributed by atoms with Crippen LogP contribution in [0.2, 0.25) is 0 Å². The largest absolute Gasteiger partial charge is 0.382 e. The smallest absolute Gasteiger partial charge is 0.329 e. The molecule has 17 heavy (non-hydrogen) atoms. The van der Waals surface area contributed by atoms with Crippen LogP contribution >= 0.6 is 15.9 Å². The quantitative estimate of drug-likeness (QED) is 0.817. The van der Waals surface area contributed by atoms with Crippen molar-refractivity contribution in [3.05, 3.63) is 35.9 Å². The maximum atomic E-state index is 13.6. The van der Waals surface area contributed by atoms with Crippen LogP contribution in [0.15, 0.2) is 30.3 Å². The van der Waals surface area contributed by atoms with E-state index in [0.717, 1.165) is 12.0 Å². The zero-order chi connectivity index (χ0) is 12.5. The molecule has 1 aliphatic carbocycles. The first kappa shape index (κ1) is 13.0. The van der Waals surface area contributed by atoms with Crippen molar-refractivity contribution in [2.75, 3.05) is 0 Å². The molecule has 0 aliphatic heterocycles. The first-order chi connectivity index (χ1) is 7.95. The molecule has 1 aromatic rings. The number of hydrogen-bond donors (Lipinski definition) is 1. The Morgan fingerprint density at radius 2 is 1.88 bits per heavy atom. The summed E-state index contributed by atoms with van der Waals surface area (Å²) in [5.41, 5.74) is -1.19. The number of rotatable bonds is 2. The van der Waals surface area contributed by atoms with Gasteiger partial charge in [0, 0.05) is 5.92 Å². The van der Waals surface area contributed by atoms with E-state index in [4.69, 9.17) is 0 Å². The Morgan fingerprint density at radius 3 is 2.47 bits per heavy atom. The average molecular weight is 305 g/mol. The highest BCUT2D eigenvalue weighted by Crippen LogP contribution is 2.51. The summed E-state index contributed by atoms with van der Waals surface area (Å²) in [5.74, 6) is -0.508. The summed E-state index contributed by atoms with van der Waals surface area (Å²) in [4.78, 5) is -3.25. The van der Waals surface area contributed by atoms with Crippen LogP contribution in [0.5, 0.6) is 0 Å². The molecule has 1 N–H and O–H groups in total. The minimum absolute atomic E-state index is 0.130. The van der Waals surface area contributed by atoms with Crippen LogP contribution in [-0.4, -0.2) is 15.5 Å². The van der Waals surface area contributed by atoms with E-state index in [9.17, 15) is 13.9 Å². The molecule has 0 spiro atoms. The van der Waals surface area contributed by atoms with Crippen molar-refractivity contribution in [2.24, 2.45) is 0 Å². The van der Waals surface area contributed by atoms with Gasteiger partial charge in [-0.15, -0.1) is 0 Å². The predicted octanol–water partition coefficient (Wildman–Crippen LogP) is 4.06. The molecule has 0 heterocycles. The average Bonchev–Trinajstić information content (AvgIpc) is 2.29. The summed E-state index contributed by atoms with van der Waals surface area (Å²) in [6, 6.07) is 9.09. The van der Waals surface area contributed by atoms with Gasteiger partial charge in [0.2, 0.25) is 0 Å². The molecule has 1 nitrogen and oxygen atoms in total. The summed E-state index contributed by atoms with van der Waals surface area (Å²) in [7, 11) is 0. The van der Waals surface area contributed by atoms with Crippen molar-refractivity contribution in [1.29, 1.82) is 0 Å². The first-order valence-corrected chi connectivity index (χ1v) is 6.58. The van der Waals surface area contributed by atoms with Crippen molar-refractivity contribution in [3.63, 3.8) is 0 Å². The van der Waals surface area contributed by atoms with Crippen molar-refractivity contribution >= 4 is 15.9 Å². The van der Waals surface area contributed by atoms with Gasteiger partial charge in [0.05, 0.1) is 0 Å². The topological polar surface area (TPSA) is 20.2 Å². The van der Waals surface area contributed by atoms with E-state index in [-0.39, 0.29) is 6.42 Å². The van der Waals surface area contributed by atoms with Gasteiger partial charge in [-0.25, -0.2) is 0 Å². The third kappa shape index (κ3) is 2.38. The lowest BCUT2D eigenvalue weighted by Crippen LogP contribution is -2.50. The molecule has 2 rings (SSSR count). The summed E-state index contributed by atoms with van der Waals surface area (Å²) in [6.45, 7) is 0. The van der Waals surface area contributed by atoms with Gasteiger partial charge in [-0.1, -0.05) is 43.2 Å².